The molecule has 1 aromatic rings. The fourth-order valence-corrected chi connectivity index (χ4v) is 1.76. The first-order chi connectivity index (χ1) is 7.07. The number of hydrogen-bond acceptors (Lipinski definition) is 3. The highest BCUT2D eigenvalue weighted by Crippen LogP contribution is 2.43. The molecule has 0 fully saturated rings. The Morgan fingerprint density at radius 1 is 1.13 bits per heavy atom. The fourth-order valence-electron chi connectivity index (χ4n) is 1.76. The van der Waals surface area contributed by atoms with Crippen molar-refractivity contribution < 1.29 is 9.59 Å². The number of benzene rings is 1. The Labute approximate surface area is 87.3 Å². The van der Waals surface area contributed by atoms with E-state index in [2.05, 4.69) is 13.8 Å². The van der Waals surface area contributed by atoms with Crippen LogP contribution in [-0.2, 0) is 0 Å². The first-order valence-electron chi connectivity index (χ1n) is 4.91. The van der Waals surface area contributed by atoms with Crippen molar-refractivity contribution in [3.8, 4) is 0 Å². The number of fused-ring (bicyclic) bond motifs is 1. The van der Waals surface area contributed by atoms with E-state index in [1.165, 1.54) is 24.6 Å². The Bertz CT molecular complexity index is 467. The third-order valence-corrected chi connectivity index (χ3v) is 2.40. The number of amides is 2. The highest BCUT2D eigenvalue weighted by atomic mass is 16.6. The van der Waals surface area contributed by atoms with Crippen LogP contribution in [0.15, 0.2) is 18.2 Å². The molecule has 4 bridgehead atoms. The molecule has 0 aromatic heterocycles. The van der Waals surface area contributed by atoms with Gasteiger partial charge < -0.3 is 5.21 Å². The second-order valence-corrected chi connectivity index (χ2v) is 3.66. The minimum absolute atomic E-state index is 0.245. The number of nitrogens with zero attached hydrogens (tertiary/aromatic N) is 1. The smallest absolute Gasteiger partial charge is 0.359 e. The van der Waals surface area contributed by atoms with Crippen molar-refractivity contribution in [2.45, 2.75) is 20.3 Å². The van der Waals surface area contributed by atoms with Crippen LogP contribution in [0, 0.1) is 5.21 Å². The van der Waals surface area contributed by atoms with Crippen LogP contribution >= 0.6 is 0 Å². The van der Waals surface area contributed by atoms with Gasteiger partial charge in [-0.15, -0.1) is 0 Å². The molecular weight excluding hydrogens is 194 g/mol. The second-order valence-electron chi connectivity index (χ2n) is 3.66. The van der Waals surface area contributed by atoms with E-state index < -0.39 is 16.5 Å². The zero-order chi connectivity index (χ0) is 11.2. The van der Waals surface area contributed by atoms with Crippen molar-refractivity contribution in [1.82, 2.24) is 4.65 Å². The van der Waals surface area contributed by atoms with Crippen molar-refractivity contribution in [3.63, 3.8) is 0 Å². The maximum atomic E-state index is 11.6. The van der Waals surface area contributed by atoms with E-state index in [-0.39, 0.29) is 16.8 Å². The normalized spacial score (nSPS) is 24.5. The maximum absolute atomic E-state index is 11.6. The number of carbonyl (C=O) groups excluding carboxylic acids is 2. The number of quaternary nitrogens is 1. The number of imide groups is 1. The summed E-state index contributed by atoms with van der Waals surface area (Å²) in [5.41, 5.74) is 0.799. The first kappa shape index (κ1) is 10.0. The van der Waals surface area contributed by atoms with Crippen LogP contribution < -0.4 is 4.65 Å². The molecule has 1 aromatic carbocycles. The van der Waals surface area contributed by atoms with Crippen LogP contribution in [0.4, 0.5) is 5.69 Å². The predicted octanol–water partition coefficient (Wildman–Crippen LogP) is 2.22. The molecule has 4 heteroatoms. The average molecular weight is 205 g/mol. The zero-order valence-electron chi connectivity index (χ0n) is 8.61. The Morgan fingerprint density at radius 2 is 1.67 bits per heavy atom. The Balaban J connectivity index is 0.000000258. The molecule has 0 saturated heterocycles. The molecule has 2 amide bonds. The highest BCUT2D eigenvalue weighted by Gasteiger charge is 2.55. The molecule has 3 aliphatic heterocycles. The van der Waals surface area contributed by atoms with Crippen molar-refractivity contribution >= 4 is 17.5 Å². The minimum Gasteiger partial charge on any atom is -0.611 e. The molecule has 0 aliphatic carbocycles. The van der Waals surface area contributed by atoms with Gasteiger partial charge in [-0.25, -0.2) is 9.59 Å². The Hall–Kier alpha value is -1.52. The molecule has 78 valence electrons. The number of hydrogen-bond donors (Lipinski definition) is 0. The third-order valence-electron chi connectivity index (χ3n) is 2.40. The molecular formula is C11H11NO3. The molecule has 3 aliphatic rings. The SMILES string of the molecule is CCC.O=C1c2ccc3cc2C(=O)[N+]13[O-]. The monoisotopic (exact) mass is 205 g/mol. The fraction of sp³-hybridized carbons (Fsp3) is 0.273. The molecule has 1 atom stereocenters. The van der Waals surface area contributed by atoms with E-state index in [9.17, 15) is 14.8 Å². The van der Waals surface area contributed by atoms with E-state index >= 15 is 0 Å². The van der Waals surface area contributed by atoms with Gasteiger partial charge >= 0.3 is 11.8 Å². The van der Waals surface area contributed by atoms with Crippen molar-refractivity contribution in [2.75, 3.05) is 0 Å². The second kappa shape index (κ2) is 2.98. The third kappa shape index (κ3) is 0.976. The van der Waals surface area contributed by atoms with Crippen LogP contribution in [0.25, 0.3) is 0 Å². The summed E-state index contributed by atoms with van der Waals surface area (Å²) >= 11 is 0. The lowest BCUT2D eigenvalue weighted by Crippen LogP contribution is -2.47. The van der Waals surface area contributed by atoms with Crippen LogP contribution in [0.1, 0.15) is 41.0 Å². The number of rotatable bonds is 0. The van der Waals surface area contributed by atoms with Crippen LogP contribution in [-0.4, -0.2) is 11.8 Å². The van der Waals surface area contributed by atoms with Crippen molar-refractivity contribution in [1.29, 1.82) is 0 Å². The molecule has 0 saturated carbocycles. The summed E-state index contributed by atoms with van der Waals surface area (Å²) in [6.07, 6.45) is 1.25. The van der Waals surface area contributed by atoms with Crippen molar-refractivity contribution in [2.24, 2.45) is 0 Å². The van der Waals surface area contributed by atoms with E-state index in [0.717, 1.165) is 0 Å². The summed E-state index contributed by atoms with van der Waals surface area (Å²) in [4.78, 5) is 22.5. The van der Waals surface area contributed by atoms with E-state index in [4.69, 9.17) is 0 Å². The van der Waals surface area contributed by atoms with Gasteiger partial charge in [0.2, 0.25) is 0 Å². The number of hydroxylamine groups is 2. The lowest BCUT2D eigenvalue weighted by Gasteiger charge is -2.30. The van der Waals surface area contributed by atoms with Gasteiger partial charge in [-0.1, -0.05) is 20.3 Å². The summed E-state index contributed by atoms with van der Waals surface area (Å²) in [5, 5.41) is 11.6. The average Bonchev–Trinajstić information content (AvgIpc) is 2.52. The standard InChI is InChI=1S/C8H3NO3.C3H8/c10-7-5-2-1-4-3-6(5)8(11)9(4,7)12;1-3-2/h1-3H;3H2,1-2H3. The van der Waals surface area contributed by atoms with Crippen LogP contribution in [0.5, 0.6) is 0 Å². The summed E-state index contributed by atoms with van der Waals surface area (Å²) in [6.45, 7) is 4.25. The Morgan fingerprint density at radius 3 is 2.00 bits per heavy atom. The van der Waals surface area contributed by atoms with Gasteiger partial charge in [-0.3, -0.25) is 0 Å². The maximum Gasteiger partial charge on any atom is 0.359 e. The molecule has 0 spiro atoms. The molecule has 0 radical (unpaired) electrons. The minimum atomic E-state index is -1.40. The van der Waals surface area contributed by atoms with Gasteiger partial charge in [0, 0.05) is 12.1 Å². The summed E-state index contributed by atoms with van der Waals surface area (Å²) in [5.74, 6) is -1.26. The van der Waals surface area contributed by atoms with E-state index in [1.807, 2.05) is 0 Å². The van der Waals surface area contributed by atoms with Gasteiger partial charge in [0.1, 0.15) is 11.3 Å². The molecule has 0 N–H and O–H groups in total. The summed E-state index contributed by atoms with van der Waals surface area (Å²) in [6, 6.07) is 4.55. The quantitative estimate of drug-likeness (QED) is 0.370. The van der Waals surface area contributed by atoms with Gasteiger partial charge in [-0.2, -0.15) is 4.65 Å². The lowest BCUT2D eigenvalue weighted by molar-refractivity contribution is 0.0732. The first-order valence-corrected chi connectivity index (χ1v) is 4.91. The lowest BCUT2D eigenvalue weighted by atomic mass is 10.1. The molecule has 15 heavy (non-hydrogen) atoms. The largest absolute Gasteiger partial charge is 0.611 e. The topological polar surface area (TPSA) is 57.2 Å². The van der Waals surface area contributed by atoms with Crippen molar-refractivity contribution in [3.05, 3.63) is 34.5 Å². The summed E-state index contributed by atoms with van der Waals surface area (Å²) in [7, 11) is 0. The molecule has 4 rings (SSSR count). The summed E-state index contributed by atoms with van der Waals surface area (Å²) < 4.78 is -1.40. The van der Waals surface area contributed by atoms with Gasteiger partial charge in [-0.05, 0) is 6.07 Å². The highest BCUT2D eigenvalue weighted by molar-refractivity contribution is 6.33. The Kier molecular flexibility index (Phi) is 1.99. The molecule has 1 unspecified atom stereocenters. The van der Waals surface area contributed by atoms with Gasteiger partial charge in [0.15, 0.2) is 0 Å². The van der Waals surface area contributed by atoms with Gasteiger partial charge in [0.25, 0.3) is 0 Å². The number of carbonyl (C=O) groups is 2. The van der Waals surface area contributed by atoms with Gasteiger partial charge in [0.05, 0.1) is 5.56 Å². The zero-order valence-corrected chi connectivity index (χ0v) is 8.61. The van der Waals surface area contributed by atoms with E-state index in [1.54, 1.807) is 0 Å². The predicted molar refractivity (Wildman–Crippen MR) is 56.2 cm³/mol. The van der Waals surface area contributed by atoms with Crippen LogP contribution in [0.3, 0.4) is 0 Å². The molecule has 3 heterocycles. The molecule has 4 nitrogen and oxygen atoms in total. The van der Waals surface area contributed by atoms with E-state index in [0.29, 0.717) is 0 Å². The van der Waals surface area contributed by atoms with Crippen LogP contribution in [0.2, 0.25) is 0 Å².